The lowest BCUT2D eigenvalue weighted by molar-refractivity contribution is 0.145. The van der Waals surface area contributed by atoms with Crippen molar-refractivity contribution in [3.05, 3.63) is 107 Å². The Morgan fingerprint density at radius 1 is 0.829 bits per heavy atom. The molecule has 1 atom stereocenters. The van der Waals surface area contributed by atoms with E-state index in [4.69, 9.17) is 18.6 Å². The van der Waals surface area contributed by atoms with E-state index in [1.165, 1.54) is 16.7 Å². The number of ether oxygens (including phenoxy) is 3. The molecule has 1 unspecified atom stereocenters. The second-order valence-electron chi connectivity index (χ2n) is 12.7. The van der Waals surface area contributed by atoms with E-state index < -0.39 is 13.9 Å². The van der Waals surface area contributed by atoms with Gasteiger partial charge in [0.2, 0.25) is 0 Å². The number of methoxy groups -OCH3 is 2. The minimum atomic E-state index is -2.01. The predicted molar refractivity (Wildman–Crippen MR) is 170 cm³/mol. The van der Waals surface area contributed by atoms with E-state index in [0.717, 1.165) is 52.0 Å². The Labute approximate surface area is 245 Å². The Morgan fingerprint density at radius 3 is 2.02 bits per heavy atom. The number of hydrogen-bond donors (Lipinski definition) is 0. The molecule has 1 aliphatic carbocycles. The van der Waals surface area contributed by atoms with Gasteiger partial charge in [0.25, 0.3) is 0 Å². The number of allylic oxidation sites excluding steroid dienone is 1. The third-order valence-electron chi connectivity index (χ3n) is 9.27. The monoisotopic (exact) mass is 564 g/mol. The quantitative estimate of drug-likeness (QED) is 0.219. The van der Waals surface area contributed by atoms with Crippen molar-refractivity contribution in [2.45, 2.75) is 63.5 Å². The lowest BCUT2D eigenvalue weighted by Crippen LogP contribution is -2.42. The van der Waals surface area contributed by atoms with Crippen molar-refractivity contribution >= 4 is 24.7 Å². The average Bonchev–Trinajstić information content (AvgIpc) is 2.97. The maximum absolute atomic E-state index is 7.40. The first kappa shape index (κ1) is 27.6. The first-order valence-electron chi connectivity index (χ1n) is 14.5. The summed E-state index contributed by atoms with van der Waals surface area (Å²) < 4.78 is 26.4. The van der Waals surface area contributed by atoms with Gasteiger partial charge in [-0.05, 0) is 71.8 Å². The molecular weight excluding hydrogens is 524 g/mol. The standard InChI is InChI=1S/C36H40O4Si/c1-35(2,3)41(6,7)40-30-21-20-25-23-36(28-16-10-12-18-31(28)37-4,29-17-11-13-19-32(29)38-5)39-34-26-15-9-8-14-24(26)22-27(30)33(25)34/h8-19,22-23,30H,20-21H2,1-7H3. The van der Waals surface area contributed by atoms with Gasteiger partial charge >= 0.3 is 0 Å². The fourth-order valence-electron chi connectivity index (χ4n) is 6.14. The van der Waals surface area contributed by atoms with Crippen molar-refractivity contribution in [2.24, 2.45) is 0 Å². The molecule has 0 aromatic heterocycles. The van der Waals surface area contributed by atoms with Gasteiger partial charge in [-0.3, -0.25) is 0 Å². The molecule has 0 spiro atoms. The summed E-state index contributed by atoms with van der Waals surface area (Å²) in [7, 11) is 1.42. The van der Waals surface area contributed by atoms with Crippen molar-refractivity contribution in [3.8, 4) is 17.2 Å². The molecule has 0 fully saturated rings. The second-order valence-corrected chi connectivity index (χ2v) is 17.5. The largest absolute Gasteiger partial charge is 0.496 e. The molecule has 2 aliphatic rings. The van der Waals surface area contributed by atoms with Crippen LogP contribution in [0, 0.1) is 0 Å². The first-order valence-corrected chi connectivity index (χ1v) is 17.4. The molecule has 6 rings (SSSR count). The molecule has 0 amide bonds. The van der Waals surface area contributed by atoms with Gasteiger partial charge in [0.05, 0.1) is 20.3 Å². The molecule has 212 valence electrons. The number of hydrogen-bond acceptors (Lipinski definition) is 4. The summed E-state index contributed by atoms with van der Waals surface area (Å²) in [6.45, 7) is 11.6. The van der Waals surface area contributed by atoms with E-state index >= 15 is 0 Å². The molecule has 4 aromatic carbocycles. The molecule has 0 radical (unpaired) electrons. The van der Waals surface area contributed by atoms with Crippen molar-refractivity contribution in [1.29, 1.82) is 0 Å². The topological polar surface area (TPSA) is 36.9 Å². The Kier molecular flexibility index (Phi) is 6.78. The van der Waals surface area contributed by atoms with Gasteiger partial charge in [-0.15, -0.1) is 0 Å². The van der Waals surface area contributed by atoms with Crippen LogP contribution in [-0.2, 0) is 10.0 Å². The van der Waals surface area contributed by atoms with E-state index in [0.29, 0.717) is 0 Å². The summed E-state index contributed by atoms with van der Waals surface area (Å²) in [5.74, 6) is 2.44. The van der Waals surface area contributed by atoms with Crippen molar-refractivity contribution in [3.63, 3.8) is 0 Å². The minimum Gasteiger partial charge on any atom is -0.496 e. The maximum Gasteiger partial charge on any atom is 0.192 e. The van der Waals surface area contributed by atoms with Gasteiger partial charge in [0.1, 0.15) is 17.2 Å². The molecule has 0 N–H and O–H groups in total. The first-order chi connectivity index (χ1) is 19.6. The highest BCUT2D eigenvalue weighted by molar-refractivity contribution is 6.74. The molecule has 1 heterocycles. The van der Waals surface area contributed by atoms with Crippen LogP contribution in [0.3, 0.4) is 0 Å². The highest BCUT2D eigenvalue weighted by Crippen LogP contribution is 2.57. The van der Waals surface area contributed by atoms with E-state index in [9.17, 15) is 0 Å². The summed E-state index contributed by atoms with van der Waals surface area (Å²) >= 11 is 0. The zero-order valence-corrected chi connectivity index (χ0v) is 26.2. The van der Waals surface area contributed by atoms with Crippen LogP contribution in [0.4, 0.5) is 0 Å². The van der Waals surface area contributed by atoms with Crippen LogP contribution in [0.1, 0.15) is 62.0 Å². The van der Waals surface area contributed by atoms with Gasteiger partial charge in [-0.25, -0.2) is 0 Å². The molecule has 0 bridgehead atoms. The Balaban J connectivity index is 1.64. The fraction of sp³-hybridized carbons (Fsp3) is 0.333. The van der Waals surface area contributed by atoms with Crippen molar-refractivity contribution in [2.75, 3.05) is 14.2 Å². The molecule has 41 heavy (non-hydrogen) atoms. The van der Waals surface area contributed by atoms with E-state index in [1.807, 2.05) is 36.4 Å². The maximum atomic E-state index is 7.40. The van der Waals surface area contributed by atoms with Crippen LogP contribution in [0.2, 0.25) is 18.1 Å². The predicted octanol–water partition coefficient (Wildman–Crippen LogP) is 9.43. The number of benzene rings is 4. The number of para-hydroxylation sites is 2. The van der Waals surface area contributed by atoms with Crippen LogP contribution < -0.4 is 14.2 Å². The van der Waals surface area contributed by atoms with E-state index in [-0.39, 0.29) is 11.1 Å². The molecule has 5 heteroatoms. The fourth-order valence-corrected chi connectivity index (χ4v) is 7.45. The van der Waals surface area contributed by atoms with Crippen LogP contribution in [0.15, 0.2) is 84.9 Å². The van der Waals surface area contributed by atoms with Crippen molar-refractivity contribution < 1.29 is 18.6 Å². The number of rotatable bonds is 6. The smallest absolute Gasteiger partial charge is 0.192 e. The van der Waals surface area contributed by atoms with Gasteiger partial charge in [-0.1, -0.05) is 81.4 Å². The summed E-state index contributed by atoms with van der Waals surface area (Å²) in [6.07, 6.45) is 4.16. The zero-order chi connectivity index (χ0) is 29.0. The third kappa shape index (κ3) is 4.47. The molecule has 0 saturated carbocycles. The summed E-state index contributed by atoms with van der Waals surface area (Å²) in [6, 6.07) is 27.2. The summed E-state index contributed by atoms with van der Waals surface area (Å²) in [5.41, 5.74) is 4.63. The molecule has 4 aromatic rings. The highest BCUT2D eigenvalue weighted by atomic mass is 28.4. The normalized spacial score (nSPS) is 17.8. The SMILES string of the molecule is COc1ccccc1C1(c2ccccc2OC)C=C2CCC(O[Si](C)(C)C(C)(C)C)c3cc4ccccc4c(c32)O1. The van der Waals surface area contributed by atoms with Crippen LogP contribution in [0.25, 0.3) is 16.3 Å². The Bertz CT molecular complexity index is 1600. The van der Waals surface area contributed by atoms with E-state index in [2.05, 4.69) is 82.4 Å². The van der Waals surface area contributed by atoms with Gasteiger partial charge in [0.15, 0.2) is 13.9 Å². The Hall–Kier alpha value is -3.54. The van der Waals surface area contributed by atoms with Gasteiger partial charge in [0, 0.05) is 22.1 Å². The summed E-state index contributed by atoms with van der Waals surface area (Å²) in [5, 5.41) is 2.38. The molecular formula is C36H40O4Si. The minimum absolute atomic E-state index is 0.0278. The zero-order valence-electron chi connectivity index (χ0n) is 25.2. The Morgan fingerprint density at radius 2 is 1.41 bits per heavy atom. The molecule has 0 saturated heterocycles. The average molecular weight is 565 g/mol. The number of fused-ring (bicyclic) bond motifs is 2. The van der Waals surface area contributed by atoms with Crippen molar-refractivity contribution in [1.82, 2.24) is 0 Å². The van der Waals surface area contributed by atoms with Crippen LogP contribution in [-0.4, -0.2) is 22.5 Å². The van der Waals surface area contributed by atoms with Crippen LogP contribution in [0.5, 0.6) is 17.2 Å². The van der Waals surface area contributed by atoms with E-state index in [1.54, 1.807) is 14.2 Å². The lowest BCUT2D eigenvalue weighted by atomic mass is 9.75. The molecule has 1 aliphatic heterocycles. The second kappa shape index (κ2) is 10.1. The third-order valence-corrected chi connectivity index (χ3v) is 13.8. The lowest BCUT2D eigenvalue weighted by Gasteiger charge is -2.44. The van der Waals surface area contributed by atoms with Gasteiger partial charge in [-0.2, -0.15) is 0 Å². The summed E-state index contributed by atoms with van der Waals surface area (Å²) in [4.78, 5) is 0. The van der Waals surface area contributed by atoms with Gasteiger partial charge < -0.3 is 18.6 Å². The highest BCUT2D eigenvalue weighted by Gasteiger charge is 2.47. The van der Waals surface area contributed by atoms with Crippen LogP contribution >= 0.6 is 0 Å². The molecule has 4 nitrogen and oxygen atoms in total.